The van der Waals surface area contributed by atoms with Gasteiger partial charge in [0, 0.05) is 33.0 Å². The van der Waals surface area contributed by atoms with Crippen LogP contribution in [0.1, 0.15) is 11.1 Å². The fourth-order valence-corrected chi connectivity index (χ4v) is 8.85. The quantitative estimate of drug-likeness (QED) is 0.155. The molecule has 0 radical (unpaired) electrons. The monoisotopic (exact) mass is 840 g/mol. The van der Waals surface area contributed by atoms with Crippen LogP contribution in [0.15, 0.2) is 170 Å². The van der Waals surface area contributed by atoms with Crippen LogP contribution in [0.3, 0.4) is 0 Å². The van der Waals surface area contributed by atoms with Gasteiger partial charge < -0.3 is 9.13 Å². The molecule has 0 N–H and O–H groups in total. The van der Waals surface area contributed by atoms with Gasteiger partial charge in [-0.2, -0.15) is 10.5 Å². The van der Waals surface area contributed by atoms with E-state index in [2.05, 4.69) is 41.9 Å². The van der Waals surface area contributed by atoms with Crippen molar-refractivity contribution < 1.29 is 0 Å². The predicted molar refractivity (Wildman–Crippen MR) is 258 cm³/mol. The number of nitrogens with zero attached hydrogens (tertiary/aromatic N) is 10. The maximum atomic E-state index is 9.94. The molecular weight excluding hydrogens is 813 g/mol. The number of nitriles is 2. The number of fused-ring (bicyclic) bond motifs is 6. The highest BCUT2D eigenvalue weighted by Crippen LogP contribution is 2.44. The molecular formula is C56H28N10. The molecule has 0 aliphatic heterocycles. The fraction of sp³-hybridized carbons (Fsp3) is 0. The Morgan fingerprint density at radius 3 is 1.29 bits per heavy atom. The molecule has 0 unspecified atom stereocenters. The SMILES string of the molecule is [C-]#[N+]c1ccc(-n2c3ccc(C#N)cc3c3cc(C#N)ccc32)c(-c2ccc(-c3nc(-c4ccccc4)nc(-c4ccccc4)n3)cc2-n2c3ccc([N+]#[C-])cc3c3cc([N+]#[C-])ccc32)c1. The summed E-state index contributed by atoms with van der Waals surface area (Å²) in [4.78, 5) is 26.5. The Morgan fingerprint density at radius 1 is 0.379 bits per heavy atom. The lowest BCUT2D eigenvalue weighted by Gasteiger charge is -2.20. The van der Waals surface area contributed by atoms with Crippen LogP contribution >= 0.6 is 0 Å². The first-order valence-electron chi connectivity index (χ1n) is 20.7. The van der Waals surface area contributed by atoms with Crippen molar-refractivity contribution in [2.24, 2.45) is 0 Å². The number of rotatable bonds is 6. The molecule has 0 saturated heterocycles. The summed E-state index contributed by atoms with van der Waals surface area (Å²) in [6.45, 7) is 24.0. The number of benzene rings is 8. The molecule has 66 heavy (non-hydrogen) atoms. The van der Waals surface area contributed by atoms with Crippen LogP contribution in [0.2, 0.25) is 0 Å². The Labute approximate surface area is 377 Å². The van der Waals surface area contributed by atoms with Crippen molar-refractivity contribution in [1.82, 2.24) is 24.1 Å². The molecule has 10 nitrogen and oxygen atoms in total. The van der Waals surface area contributed by atoms with Gasteiger partial charge in [0.15, 0.2) is 34.5 Å². The van der Waals surface area contributed by atoms with Gasteiger partial charge in [0.2, 0.25) is 0 Å². The number of aromatic nitrogens is 5. The van der Waals surface area contributed by atoms with E-state index in [1.54, 1.807) is 30.3 Å². The lowest BCUT2D eigenvalue weighted by Crippen LogP contribution is -2.04. The van der Waals surface area contributed by atoms with E-state index in [1.165, 1.54) is 0 Å². The summed E-state index contributed by atoms with van der Waals surface area (Å²) in [5.41, 5.74) is 10.9. The Morgan fingerprint density at radius 2 is 0.803 bits per heavy atom. The zero-order valence-corrected chi connectivity index (χ0v) is 34.6. The van der Waals surface area contributed by atoms with Crippen LogP contribution in [-0.2, 0) is 0 Å². The zero-order valence-electron chi connectivity index (χ0n) is 34.6. The molecule has 11 aromatic rings. The van der Waals surface area contributed by atoms with Crippen LogP contribution in [0, 0.1) is 42.4 Å². The van der Waals surface area contributed by atoms with Crippen LogP contribution in [-0.4, -0.2) is 24.1 Å². The van der Waals surface area contributed by atoms with Gasteiger partial charge in [-0.15, -0.1) is 0 Å². The maximum absolute atomic E-state index is 9.94. The van der Waals surface area contributed by atoms with E-state index in [0.29, 0.717) is 51.2 Å². The first kappa shape index (κ1) is 38.7. The predicted octanol–water partition coefficient (Wildman–Crippen LogP) is 14.1. The van der Waals surface area contributed by atoms with Crippen molar-refractivity contribution >= 4 is 60.7 Å². The summed E-state index contributed by atoms with van der Waals surface area (Å²) in [5, 5.41) is 23.1. The summed E-state index contributed by atoms with van der Waals surface area (Å²) in [5.74, 6) is 1.47. The van der Waals surface area contributed by atoms with Crippen molar-refractivity contribution in [3.8, 4) is 68.8 Å². The first-order valence-corrected chi connectivity index (χ1v) is 20.7. The lowest BCUT2D eigenvalue weighted by molar-refractivity contribution is 1.07. The second kappa shape index (κ2) is 15.6. The standard InChI is InChI=1S/C56H28N10/c1-59-39-17-23-50(65-48-21-14-34(32-57)26-43(48)44-27-35(33-58)15-22-49(44)65)45(29-39)42-20-16-38(56-63-54(36-10-6-4-7-11-36)62-55(64-56)37-12-8-5-9-13-37)28-53(42)66-51-24-18-40(60-2)30-46(51)47-31-41(61-3)19-25-52(47)66/h4-31H. The smallest absolute Gasteiger partial charge is 0.188 e. The minimum atomic E-state index is 0.422. The molecule has 8 aromatic carbocycles. The Bertz CT molecular complexity index is 3850. The summed E-state index contributed by atoms with van der Waals surface area (Å²) in [7, 11) is 0. The zero-order chi connectivity index (χ0) is 44.9. The highest BCUT2D eigenvalue weighted by molar-refractivity contribution is 6.13. The van der Waals surface area contributed by atoms with E-state index in [9.17, 15) is 10.5 Å². The molecule has 10 heteroatoms. The van der Waals surface area contributed by atoms with Crippen LogP contribution in [0.4, 0.5) is 17.1 Å². The molecule has 11 rings (SSSR count). The van der Waals surface area contributed by atoms with Crippen molar-refractivity contribution in [2.45, 2.75) is 0 Å². The molecule has 302 valence electrons. The van der Waals surface area contributed by atoms with Gasteiger partial charge in [-0.3, -0.25) is 0 Å². The van der Waals surface area contributed by atoms with Crippen LogP contribution < -0.4 is 0 Å². The maximum Gasteiger partial charge on any atom is 0.188 e. The molecule has 0 fully saturated rings. The number of hydrogen-bond acceptors (Lipinski definition) is 5. The third-order valence-corrected chi connectivity index (χ3v) is 11.9. The molecule has 3 aromatic heterocycles. The van der Waals surface area contributed by atoms with E-state index < -0.39 is 0 Å². The molecule has 0 atom stereocenters. The van der Waals surface area contributed by atoms with Gasteiger partial charge in [0.05, 0.1) is 76.4 Å². The minimum absolute atomic E-state index is 0.422. The summed E-state index contributed by atoms with van der Waals surface area (Å²) in [6.07, 6.45) is 0. The molecule has 3 heterocycles. The molecule has 0 aliphatic carbocycles. The van der Waals surface area contributed by atoms with Crippen molar-refractivity contribution in [2.75, 3.05) is 0 Å². The van der Waals surface area contributed by atoms with Gasteiger partial charge >= 0.3 is 0 Å². The van der Waals surface area contributed by atoms with Crippen molar-refractivity contribution in [1.29, 1.82) is 10.5 Å². The summed E-state index contributed by atoms with van der Waals surface area (Å²) in [6, 6.07) is 58.1. The second-order valence-corrected chi connectivity index (χ2v) is 15.6. The molecule has 0 aliphatic rings. The lowest BCUT2D eigenvalue weighted by atomic mass is 9.97. The Hall–Kier alpha value is -10.2. The van der Waals surface area contributed by atoms with E-state index >= 15 is 0 Å². The third-order valence-electron chi connectivity index (χ3n) is 11.9. The average molecular weight is 841 g/mol. The van der Waals surface area contributed by atoms with Crippen molar-refractivity contribution in [3.63, 3.8) is 0 Å². The van der Waals surface area contributed by atoms with Gasteiger partial charge in [-0.05, 0) is 95.2 Å². The van der Waals surface area contributed by atoms with E-state index in [0.717, 1.165) is 77.2 Å². The summed E-state index contributed by atoms with van der Waals surface area (Å²) < 4.78 is 4.26. The van der Waals surface area contributed by atoms with Crippen molar-refractivity contribution in [3.05, 3.63) is 215 Å². The first-order chi connectivity index (χ1) is 32.5. The van der Waals surface area contributed by atoms with E-state index in [4.69, 9.17) is 34.7 Å². The highest BCUT2D eigenvalue weighted by Gasteiger charge is 2.23. The van der Waals surface area contributed by atoms with Gasteiger partial charge in [0.25, 0.3) is 0 Å². The van der Waals surface area contributed by atoms with Gasteiger partial charge in [-0.1, -0.05) is 91.0 Å². The third kappa shape index (κ3) is 6.35. The molecule has 0 spiro atoms. The highest BCUT2D eigenvalue weighted by atomic mass is 15.0. The number of hydrogen-bond donors (Lipinski definition) is 0. The van der Waals surface area contributed by atoms with Crippen LogP contribution in [0.5, 0.6) is 0 Å². The van der Waals surface area contributed by atoms with E-state index in [-0.39, 0.29) is 0 Å². The Balaban J connectivity index is 1.26. The summed E-state index contributed by atoms with van der Waals surface area (Å²) >= 11 is 0. The molecule has 0 bridgehead atoms. The average Bonchev–Trinajstić information content (AvgIpc) is 3.89. The topological polar surface area (TPSA) is 109 Å². The second-order valence-electron chi connectivity index (χ2n) is 15.6. The van der Waals surface area contributed by atoms with Crippen LogP contribution in [0.25, 0.3) is 115 Å². The minimum Gasteiger partial charge on any atom is -0.309 e. The Kier molecular flexibility index (Phi) is 9.17. The largest absolute Gasteiger partial charge is 0.309 e. The van der Waals surface area contributed by atoms with E-state index in [1.807, 2.05) is 133 Å². The van der Waals surface area contributed by atoms with Gasteiger partial charge in [0.1, 0.15) is 0 Å². The molecule has 0 saturated carbocycles. The van der Waals surface area contributed by atoms with Gasteiger partial charge in [-0.25, -0.2) is 29.5 Å². The fourth-order valence-electron chi connectivity index (χ4n) is 8.85. The molecule has 0 amide bonds. The normalized spacial score (nSPS) is 11.0.